The predicted octanol–water partition coefficient (Wildman–Crippen LogP) is 1.77. The van der Waals surface area contributed by atoms with Crippen LogP contribution >= 0.6 is 0 Å². The van der Waals surface area contributed by atoms with E-state index in [1.54, 1.807) is 6.26 Å². The lowest BCUT2D eigenvalue weighted by Gasteiger charge is -2.40. The van der Waals surface area contributed by atoms with E-state index in [4.69, 9.17) is 9.52 Å². The van der Waals surface area contributed by atoms with E-state index in [1.165, 1.54) is 0 Å². The first kappa shape index (κ1) is 14.4. The Morgan fingerprint density at radius 2 is 2.15 bits per heavy atom. The third-order valence-electron chi connectivity index (χ3n) is 3.80. The molecule has 1 aromatic heterocycles. The molecule has 1 aromatic rings. The van der Waals surface area contributed by atoms with Crippen molar-refractivity contribution >= 4 is 12.0 Å². The van der Waals surface area contributed by atoms with Crippen molar-refractivity contribution in [3.8, 4) is 0 Å². The van der Waals surface area contributed by atoms with E-state index in [9.17, 15) is 9.59 Å². The number of furan rings is 1. The minimum atomic E-state index is -0.801. The standard InChI is InChI=1S/C14H20N2O4/c17-12(18)9-14(5-2-6-14)10-16-13(19)15-7-4-11-3-1-8-20-11/h1,3,8H,2,4-7,9-10H2,(H,17,18)(H2,15,16,19). The summed E-state index contributed by atoms with van der Waals surface area (Å²) >= 11 is 0. The molecule has 1 fully saturated rings. The molecule has 3 N–H and O–H groups in total. The van der Waals surface area contributed by atoms with Gasteiger partial charge in [-0.3, -0.25) is 4.79 Å². The Bertz CT molecular complexity index is 452. The van der Waals surface area contributed by atoms with Crippen LogP contribution in [-0.4, -0.2) is 30.2 Å². The van der Waals surface area contributed by atoms with Gasteiger partial charge in [0.2, 0.25) is 0 Å². The van der Waals surface area contributed by atoms with Gasteiger partial charge in [-0.1, -0.05) is 6.42 Å². The number of carbonyl (C=O) groups is 2. The Labute approximate surface area is 117 Å². The minimum absolute atomic E-state index is 0.125. The summed E-state index contributed by atoms with van der Waals surface area (Å²) in [4.78, 5) is 22.5. The molecule has 0 aliphatic heterocycles. The number of hydrogen-bond donors (Lipinski definition) is 3. The molecule has 0 spiro atoms. The van der Waals surface area contributed by atoms with Gasteiger partial charge < -0.3 is 20.2 Å². The van der Waals surface area contributed by atoms with Gasteiger partial charge in [0.05, 0.1) is 12.7 Å². The van der Waals surface area contributed by atoms with Crippen LogP contribution in [0.2, 0.25) is 0 Å². The van der Waals surface area contributed by atoms with Gasteiger partial charge in [-0.2, -0.15) is 0 Å². The lowest BCUT2D eigenvalue weighted by molar-refractivity contribution is -0.141. The lowest BCUT2D eigenvalue weighted by atomic mass is 9.66. The van der Waals surface area contributed by atoms with Crippen LogP contribution in [0.3, 0.4) is 0 Å². The van der Waals surface area contributed by atoms with Crippen molar-refractivity contribution in [2.75, 3.05) is 13.1 Å². The van der Waals surface area contributed by atoms with Crippen LogP contribution in [-0.2, 0) is 11.2 Å². The van der Waals surface area contributed by atoms with E-state index < -0.39 is 5.97 Å². The molecule has 0 atom stereocenters. The van der Waals surface area contributed by atoms with Gasteiger partial charge >= 0.3 is 12.0 Å². The van der Waals surface area contributed by atoms with Gasteiger partial charge in [0, 0.05) is 19.5 Å². The molecule has 0 bridgehead atoms. The van der Waals surface area contributed by atoms with Crippen LogP contribution in [0.15, 0.2) is 22.8 Å². The van der Waals surface area contributed by atoms with E-state index >= 15 is 0 Å². The Kier molecular flexibility index (Phi) is 4.65. The second-order valence-corrected chi connectivity index (χ2v) is 5.36. The predicted molar refractivity (Wildman–Crippen MR) is 72.4 cm³/mol. The molecule has 0 saturated heterocycles. The molecule has 0 aromatic carbocycles. The molecule has 1 aliphatic rings. The highest BCUT2D eigenvalue weighted by Crippen LogP contribution is 2.43. The average molecular weight is 280 g/mol. The van der Waals surface area contributed by atoms with Crippen molar-refractivity contribution in [1.29, 1.82) is 0 Å². The normalized spacial score (nSPS) is 16.2. The molecule has 2 rings (SSSR count). The van der Waals surface area contributed by atoms with Gasteiger partial charge in [-0.25, -0.2) is 4.79 Å². The zero-order valence-electron chi connectivity index (χ0n) is 11.4. The number of amides is 2. The van der Waals surface area contributed by atoms with Crippen LogP contribution in [0, 0.1) is 5.41 Å². The molecular weight excluding hydrogens is 260 g/mol. The Balaban J connectivity index is 1.65. The molecule has 6 nitrogen and oxygen atoms in total. The first-order valence-corrected chi connectivity index (χ1v) is 6.86. The molecular formula is C14H20N2O4. The number of carbonyl (C=O) groups excluding carboxylic acids is 1. The monoisotopic (exact) mass is 280 g/mol. The van der Waals surface area contributed by atoms with Gasteiger partial charge in [-0.15, -0.1) is 0 Å². The smallest absolute Gasteiger partial charge is 0.314 e. The molecule has 6 heteroatoms. The highest BCUT2D eigenvalue weighted by atomic mass is 16.4. The second-order valence-electron chi connectivity index (χ2n) is 5.36. The van der Waals surface area contributed by atoms with Crippen molar-refractivity contribution in [2.45, 2.75) is 32.1 Å². The summed E-state index contributed by atoms with van der Waals surface area (Å²) in [6.45, 7) is 0.914. The number of nitrogens with one attached hydrogen (secondary N) is 2. The number of hydrogen-bond acceptors (Lipinski definition) is 3. The zero-order valence-corrected chi connectivity index (χ0v) is 11.4. The molecule has 20 heavy (non-hydrogen) atoms. The first-order valence-electron chi connectivity index (χ1n) is 6.86. The molecule has 1 aliphatic carbocycles. The fraction of sp³-hybridized carbons (Fsp3) is 0.571. The van der Waals surface area contributed by atoms with E-state index in [2.05, 4.69) is 10.6 Å². The Morgan fingerprint density at radius 3 is 2.70 bits per heavy atom. The van der Waals surface area contributed by atoms with Gasteiger partial charge in [-0.05, 0) is 30.4 Å². The van der Waals surface area contributed by atoms with E-state index in [0.717, 1.165) is 25.0 Å². The average Bonchev–Trinajstić information content (AvgIpc) is 2.85. The SMILES string of the molecule is O=C(O)CC1(CNC(=O)NCCc2ccco2)CCC1. The summed E-state index contributed by atoms with van der Waals surface area (Å²) in [7, 11) is 0. The van der Waals surface area contributed by atoms with Crippen LogP contribution < -0.4 is 10.6 Å². The second kappa shape index (κ2) is 6.45. The third-order valence-corrected chi connectivity index (χ3v) is 3.80. The molecule has 0 radical (unpaired) electrons. The highest BCUT2D eigenvalue weighted by molar-refractivity contribution is 5.74. The maximum atomic E-state index is 11.6. The molecule has 110 valence electrons. The van der Waals surface area contributed by atoms with Crippen molar-refractivity contribution in [1.82, 2.24) is 10.6 Å². The topological polar surface area (TPSA) is 91.6 Å². The molecule has 2 amide bonds. The van der Waals surface area contributed by atoms with Crippen molar-refractivity contribution in [3.63, 3.8) is 0 Å². The van der Waals surface area contributed by atoms with E-state index in [1.807, 2.05) is 12.1 Å². The van der Waals surface area contributed by atoms with Gasteiger partial charge in [0.25, 0.3) is 0 Å². The first-order chi connectivity index (χ1) is 9.60. The number of carboxylic acids is 1. The molecule has 1 heterocycles. The van der Waals surface area contributed by atoms with E-state index in [-0.39, 0.29) is 17.9 Å². The minimum Gasteiger partial charge on any atom is -0.481 e. The zero-order chi connectivity index (χ0) is 14.4. The number of aliphatic carboxylic acids is 1. The van der Waals surface area contributed by atoms with E-state index in [0.29, 0.717) is 19.5 Å². The summed E-state index contributed by atoms with van der Waals surface area (Å²) in [6.07, 6.45) is 5.13. The summed E-state index contributed by atoms with van der Waals surface area (Å²) in [5.74, 6) is 0.0244. The summed E-state index contributed by atoms with van der Waals surface area (Å²) in [6, 6.07) is 3.41. The Hall–Kier alpha value is -1.98. The molecule has 0 unspecified atom stereocenters. The number of carboxylic acid groups (broad SMARTS) is 1. The fourth-order valence-corrected chi connectivity index (χ4v) is 2.50. The highest BCUT2D eigenvalue weighted by Gasteiger charge is 2.39. The van der Waals surface area contributed by atoms with Crippen molar-refractivity contribution in [2.24, 2.45) is 5.41 Å². The van der Waals surface area contributed by atoms with Crippen molar-refractivity contribution in [3.05, 3.63) is 24.2 Å². The summed E-state index contributed by atoms with van der Waals surface area (Å²) < 4.78 is 5.16. The fourth-order valence-electron chi connectivity index (χ4n) is 2.50. The maximum absolute atomic E-state index is 11.6. The summed E-state index contributed by atoms with van der Waals surface area (Å²) in [5, 5.41) is 14.4. The van der Waals surface area contributed by atoms with Crippen LogP contribution in [0.25, 0.3) is 0 Å². The quantitative estimate of drug-likeness (QED) is 0.709. The van der Waals surface area contributed by atoms with Crippen LogP contribution in [0.4, 0.5) is 4.79 Å². The largest absolute Gasteiger partial charge is 0.481 e. The number of rotatable bonds is 7. The lowest BCUT2D eigenvalue weighted by Crippen LogP contribution is -2.46. The number of urea groups is 1. The third kappa shape index (κ3) is 4.01. The van der Waals surface area contributed by atoms with Gasteiger partial charge in [0.15, 0.2) is 0 Å². The van der Waals surface area contributed by atoms with Crippen LogP contribution in [0.5, 0.6) is 0 Å². The molecule has 1 saturated carbocycles. The van der Waals surface area contributed by atoms with Crippen molar-refractivity contribution < 1.29 is 19.1 Å². The summed E-state index contributed by atoms with van der Waals surface area (Å²) in [5.41, 5.74) is -0.246. The Morgan fingerprint density at radius 1 is 1.35 bits per heavy atom. The maximum Gasteiger partial charge on any atom is 0.314 e. The van der Waals surface area contributed by atoms with Gasteiger partial charge in [0.1, 0.15) is 5.76 Å². The van der Waals surface area contributed by atoms with Crippen LogP contribution in [0.1, 0.15) is 31.4 Å².